The molecular formula is C29H25ClN4O7S. The van der Waals surface area contributed by atoms with Crippen LogP contribution in [0, 0.1) is 10.1 Å². The molecule has 0 atom stereocenters. The van der Waals surface area contributed by atoms with E-state index in [2.05, 4.69) is 10.5 Å². The van der Waals surface area contributed by atoms with Gasteiger partial charge in [-0.3, -0.25) is 19.2 Å². The summed E-state index contributed by atoms with van der Waals surface area (Å²) in [7, 11) is -2.68. The second kappa shape index (κ2) is 13.6. The Morgan fingerprint density at radius 2 is 1.71 bits per heavy atom. The van der Waals surface area contributed by atoms with Crippen LogP contribution in [-0.2, 0) is 21.4 Å². The number of halogens is 1. The molecule has 0 radical (unpaired) electrons. The van der Waals surface area contributed by atoms with Crippen LogP contribution in [-0.4, -0.2) is 39.1 Å². The maximum Gasteiger partial charge on any atom is 0.269 e. The van der Waals surface area contributed by atoms with E-state index in [9.17, 15) is 23.3 Å². The number of rotatable bonds is 12. The van der Waals surface area contributed by atoms with E-state index in [0.29, 0.717) is 17.1 Å². The van der Waals surface area contributed by atoms with E-state index in [0.717, 1.165) is 9.87 Å². The molecular weight excluding hydrogens is 584 g/mol. The van der Waals surface area contributed by atoms with Gasteiger partial charge in [-0.2, -0.15) is 5.10 Å². The number of ether oxygens (including phenoxy) is 2. The normalized spacial score (nSPS) is 11.2. The fourth-order valence-corrected chi connectivity index (χ4v) is 5.41. The minimum absolute atomic E-state index is 0.00382. The minimum atomic E-state index is -4.12. The van der Waals surface area contributed by atoms with Crippen molar-refractivity contribution < 1.29 is 27.6 Å². The number of methoxy groups -OCH3 is 1. The molecule has 4 rings (SSSR count). The highest BCUT2D eigenvalue weighted by Crippen LogP contribution is 2.31. The van der Waals surface area contributed by atoms with E-state index in [1.165, 1.54) is 55.8 Å². The summed E-state index contributed by atoms with van der Waals surface area (Å²) in [6.07, 6.45) is 1.40. The predicted molar refractivity (Wildman–Crippen MR) is 159 cm³/mol. The third kappa shape index (κ3) is 7.62. The highest BCUT2D eigenvalue weighted by atomic mass is 35.5. The lowest BCUT2D eigenvalue weighted by atomic mass is 10.2. The number of amides is 1. The molecule has 0 unspecified atom stereocenters. The molecule has 4 aromatic rings. The number of carbonyl (C=O) groups is 1. The Balaban J connectivity index is 1.40. The van der Waals surface area contributed by atoms with Crippen LogP contribution in [0.25, 0.3) is 0 Å². The lowest BCUT2D eigenvalue weighted by Gasteiger charge is -2.24. The van der Waals surface area contributed by atoms with Crippen molar-refractivity contribution >= 4 is 45.1 Å². The number of hydrogen-bond acceptors (Lipinski definition) is 8. The van der Waals surface area contributed by atoms with E-state index in [1.54, 1.807) is 54.6 Å². The van der Waals surface area contributed by atoms with E-state index in [4.69, 9.17) is 21.1 Å². The van der Waals surface area contributed by atoms with Crippen LogP contribution in [0.15, 0.2) is 107 Å². The molecule has 1 N–H and O–H groups in total. The molecule has 11 nitrogen and oxygen atoms in total. The van der Waals surface area contributed by atoms with Crippen molar-refractivity contribution in [2.45, 2.75) is 11.5 Å². The molecule has 0 bridgehead atoms. The summed E-state index contributed by atoms with van der Waals surface area (Å²) in [4.78, 5) is 23.1. The van der Waals surface area contributed by atoms with Crippen molar-refractivity contribution in [3.63, 3.8) is 0 Å². The zero-order valence-electron chi connectivity index (χ0n) is 22.2. The number of hydrogen-bond donors (Lipinski definition) is 1. The second-order valence-electron chi connectivity index (χ2n) is 8.72. The molecule has 4 aromatic carbocycles. The summed E-state index contributed by atoms with van der Waals surface area (Å²) >= 11 is 6.23. The van der Waals surface area contributed by atoms with Crippen molar-refractivity contribution in [1.29, 1.82) is 0 Å². The van der Waals surface area contributed by atoms with Gasteiger partial charge in [0.05, 0.1) is 33.9 Å². The summed E-state index contributed by atoms with van der Waals surface area (Å²) in [5.74, 6) is 0.240. The van der Waals surface area contributed by atoms with Gasteiger partial charge in [0, 0.05) is 12.1 Å². The molecule has 13 heteroatoms. The van der Waals surface area contributed by atoms with Crippen LogP contribution in [0.2, 0.25) is 5.02 Å². The number of nitro groups is 1. The van der Waals surface area contributed by atoms with Crippen LogP contribution in [0.4, 0.5) is 11.4 Å². The van der Waals surface area contributed by atoms with Gasteiger partial charge >= 0.3 is 0 Å². The number of benzene rings is 4. The van der Waals surface area contributed by atoms with Crippen molar-refractivity contribution in [2.24, 2.45) is 5.10 Å². The molecule has 1 amide bonds. The number of non-ortho nitro benzene ring substituents is 1. The smallest absolute Gasteiger partial charge is 0.269 e. The Morgan fingerprint density at radius 1 is 1.02 bits per heavy atom. The van der Waals surface area contributed by atoms with Crippen LogP contribution in [0.3, 0.4) is 0 Å². The standard InChI is InChI=1S/C29H25ClN4O7S/c1-40-28-16-13-24(17-27(28)30)33(42(38,39)26-5-3-2-4-6-26)19-29(35)32-31-18-21-9-14-25(15-10-21)41-20-22-7-11-23(12-8-22)34(36)37/h2-18H,19-20H2,1H3,(H,32,35)/b31-18-. The van der Waals surface area contributed by atoms with Crippen molar-refractivity contribution in [1.82, 2.24) is 5.43 Å². The molecule has 0 aliphatic heterocycles. The zero-order valence-corrected chi connectivity index (χ0v) is 23.8. The Labute approximate surface area is 247 Å². The number of carbonyl (C=O) groups excluding carboxylic acids is 1. The maximum absolute atomic E-state index is 13.4. The van der Waals surface area contributed by atoms with Gasteiger partial charge in [-0.25, -0.2) is 13.8 Å². The number of anilines is 1. The number of nitrogens with zero attached hydrogens (tertiary/aromatic N) is 3. The van der Waals surface area contributed by atoms with Gasteiger partial charge in [0.25, 0.3) is 21.6 Å². The first-order valence-corrected chi connectivity index (χ1v) is 14.2. The summed E-state index contributed by atoms with van der Waals surface area (Å²) in [5.41, 5.74) is 3.95. The number of nitro benzene ring substituents is 1. The largest absolute Gasteiger partial charge is 0.495 e. The lowest BCUT2D eigenvalue weighted by molar-refractivity contribution is -0.384. The molecule has 216 valence electrons. The van der Waals surface area contributed by atoms with Crippen LogP contribution < -0.4 is 19.2 Å². The Bertz CT molecular complexity index is 1680. The summed E-state index contributed by atoms with van der Waals surface area (Å²) < 4.78 is 38.7. The van der Waals surface area contributed by atoms with E-state index >= 15 is 0 Å². The molecule has 0 aliphatic rings. The lowest BCUT2D eigenvalue weighted by Crippen LogP contribution is -2.39. The van der Waals surface area contributed by atoms with Crippen LogP contribution >= 0.6 is 11.6 Å². The van der Waals surface area contributed by atoms with Gasteiger partial charge in [-0.1, -0.05) is 29.8 Å². The summed E-state index contributed by atoms with van der Waals surface area (Å²) in [5, 5.41) is 14.9. The van der Waals surface area contributed by atoms with Crippen molar-refractivity contribution in [2.75, 3.05) is 18.0 Å². The van der Waals surface area contributed by atoms with Crippen molar-refractivity contribution in [3.8, 4) is 11.5 Å². The fraction of sp³-hybridized carbons (Fsp3) is 0.103. The molecule has 42 heavy (non-hydrogen) atoms. The topological polar surface area (TPSA) is 140 Å². The van der Waals surface area contributed by atoms with Gasteiger partial charge in [0.1, 0.15) is 24.7 Å². The molecule has 0 heterocycles. The van der Waals surface area contributed by atoms with Gasteiger partial charge in [-0.05, 0) is 77.9 Å². The van der Waals surface area contributed by atoms with Gasteiger partial charge in [0.2, 0.25) is 0 Å². The molecule has 0 saturated heterocycles. The average Bonchev–Trinajstić information content (AvgIpc) is 3.00. The highest BCUT2D eigenvalue weighted by molar-refractivity contribution is 7.92. The van der Waals surface area contributed by atoms with Crippen LogP contribution in [0.1, 0.15) is 11.1 Å². The predicted octanol–water partition coefficient (Wildman–Crippen LogP) is 5.18. The SMILES string of the molecule is COc1ccc(N(CC(=O)N/N=C\c2ccc(OCc3ccc([N+](=O)[O-])cc3)cc2)S(=O)(=O)c2ccccc2)cc1Cl. The first-order chi connectivity index (χ1) is 20.2. The minimum Gasteiger partial charge on any atom is -0.495 e. The Hall–Kier alpha value is -4.94. The Kier molecular flexibility index (Phi) is 9.73. The first-order valence-electron chi connectivity index (χ1n) is 12.4. The Morgan fingerprint density at radius 3 is 2.33 bits per heavy atom. The number of nitrogens with one attached hydrogen (secondary N) is 1. The molecule has 0 saturated carbocycles. The van der Waals surface area contributed by atoms with E-state index < -0.39 is 27.4 Å². The molecule has 0 fully saturated rings. The number of sulfonamides is 1. The monoisotopic (exact) mass is 608 g/mol. The van der Waals surface area contributed by atoms with Gasteiger partial charge < -0.3 is 9.47 Å². The van der Waals surface area contributed by atoms with Crippen molar-refractivity contribution in [3.05, 3.63) is 123 Å². The van der Waals surface area contributed by atoms with Crippen LogP contribution in [0.5, 0.6) is 11.5 Å². The highest BCUT2D eigenvalue weighted by Gasteiger charge is 2.27. The average molecular weight is 609 g/mol. The maximum atomic E-state index is 13.4. The molecule has 0 aliphatic carbocycles. The van der Waals surface area contributed by atoms with E-state index in [-0.39, 0.29) is 27.9 Å². The van der Waals surface area contributed by atoms with E-state index in [1.807, 2.05) is 0 Å². The molecule has 0 spiro atoms. The first kappa shape index (κ1) is 30.0. The van der Waals surface area contributed by atoms with Gasteiger partial charge in [-0.15, -0.1) is 0 Å². The summed E-state index contributed by atoms with van der Waals surface area (Å²) in [6, 6.07) is 25.0. The van der Waals surface area contributed by atoms with Gasteiger partial charge in [0.15, 0.2) is 0 Å². The fourth-order valence-electron chi connectivity index (χ4n) is 3.72. The third-order valence-corrected chi connectivity index (χ3v) is 7.96. The zero-order chi connectivity index (χ0) is 30.1. The summed E-state index contributed by atoms with van der Waals surface area (Å²) in [6.45, 7) is -0.337. The quantitative estimate of drug-likeness (QED) is 0.133. The molecule has 0 aromatic heterocycles. The second-order valence-corrected chi connectivity index (χ2v) is 11.0. The number of hydrazone groups is 1. The third-order valence-electron chi connectivity index (χ3n) is 5.88.